The van der Waals surface area contributed by atoms with E-state index in [0.29, 0.717) is 13.1 Å². The molecule has 0 atom stereocenters. The van der Waals surface area contributed by atoms with Gasteiger partial charge in [-0.25, -0.2) is 8.42 Å². The summed E-state index contributed by atoms with van der Waals surface area (Å²) in [7, 11) is -3.52. The van der Waals surface area contributed by atoms with Crippen LogP contribution in [0.15, 0.2) is 29.2 Å². The second-order valence-corrected chi connectivity index (χ2v) is 6.20. The van der Waals surface area contributed by atoms with Gasteiger partial charge < -0.3 is 10.8 Å². The molecule has 1 aliphatic heterocycles. The van der Waals surface area contributed by atoms with Crippen LogP contribution < -0.4 is 5.73 Å². The van der Waals surface area contributed by atoms with Crippen molar-refractivity contribution in [3.63, 3.8) is 0 Å². The van der Waals surface area contributed by atoms with E-state index < -0.39 is 15.9 Å². The molecule has 1 aliphatic rings. The highest BCUT2D eigenvalue weighted by Gasteiger charge is 2.36. The number of aliphatic hydroxyl groups is 1. The van der Waals surface area contributed by atoms with E-state index in [1.807, 2.05) is 0 Å². The fraction of sp³-hybridized carbons (Fsp3) is 0.364. The van der Waals surface area contributed by atoms with Crippen LogP contribution >= 0.6 is 0 Å². The fourth-order valence-electron chi connectivity index (χ4n) is 1.77. The lowest BCUT2D eigenvalue weighted by Crippen LogP contribution is -2.51. The number of benzene rings is 1. The predicted molar refractivity (Wildman–Crippen MR) is 64.3 cm³/mol. The summed E-state index contributed by atoms with van der Waals surface area (Å²) in [6.45, 7) is 0.652. The van der Waals surface area contributed by atoms with Crippen LogP contribution in [-0.4, -0.2) is 43.4 Å². The van der Waals surface area contributed by atoms with Gasteiger partial charge in [0.05, 0.1) is 4.90 Å². The molecule has 7 heteroatoms. The number of aliphatic hydroxyl groups excluding tert-OH is 1. The van der Waals surface area contributed by atoms with Crippen molar-refractivity contribution >= 4 is 15.9 Å². The molecule has 0 radical (unpaired) electrons. The van der Waals surface area contributed by atoms with Crippen molar-refractivity contribution in [2.45, 2.75) is 4.90 Å². The first kappa shape index (κ1) is 13.0. The molecule has 3 N–H and O–H groups in total. The standard InChI is InChI=1S/C11H14N2O4S/c12-11(15)9-1-3-10(4-2-9)18(16,17)13-5-8(6-13)7-14/h1-4,8,14H,5-7H2,(H2,12,15). The third-order valence-electron chi connectivity index (χ3n) is 2.96. The van der Waals surface area contributed by atoms with Crippen LogP contribution in [0.1, 0.15) is 10.4 Å². The van der Waals surface area contributed by atoms with E-state index >= 15 is 0 Å². The summed E-state index contributed by atoms with van der Waals surface area (Å²) in [6, 6.07) is 5.50. The van der Waals surface area contributed by atoms with Crippen LogP contribution in [0, 0.1) is 5.92 Å². The molecule has 0 bridgehead atoms. The molecule has 18 heavy (non-hydrogen) atoms. The van der Waals surface area contributed by atoms with Crippen molar-refractivity contribution in [3.05, 3.63) is 29.8 Å². The Kier molecular flexibility index (Phi) is 3.38. The minimum Gasteiger partial charge on any atom is -0.396 e. The van der Waals surface area contributed by atoms with Gasteiger partial charge in [0.25, 0.3) is 0 Å². The monoisotopic (exact) mass is 270 g/mol. The predicted octanol–water partition coefficient (Wildman–Crippen LogP) is -0.602. The molecule has 0 aromatic heterocycles. The number of sulfonamides is 1. The number of hydrogen-bond donors (Lipinski definition) is 2. The Morgan fingerprint density at radius 3 is 2.33 bits per heavy atom. The lowest BCUT2D eigenvalue weighted by molar-refractivity contribution is 0.1000. The van der Waals surface area contributed by atoms with Gasteiger partial charge in [0, 0.05) is 31.2 Å². The smallest absolute Gasteiger partial charge is 0.248 e. The zero-order chi connectivity index (χ0) is 13.3. The van der Waals surface area contributed by atoms with Gasteiger partial charge in [-0.05, 0) is 24.3 Å². The normalized spacial score (nSPS) is 17.4. The average molecular weight is 270 g/mol. The van der Waals surface area contributed by atoms with Crippen molar-refractivity contribution in [1.29, 1.82) is 0 Å². The van der Waals surface area contributed by atoms with Crippen LogP contribution in [0.25, 0.3) is 0 Å². The van der Waals surface area contributed by atoms with Crippen molar-refractivity contribution in [2.75, 3.05) is 19.7 Å². The molecule has 0 aliphatic carbocycles. The maximum atomic E-state index is 12.1. The van der Waals surface area contributed by atoms with Gasteiger partial charge in [-0.15, -0.1) is 0 Å². The molecule has 2 rings (SSSR count). The fourth-order valence-corrected chi connectivity index (χ4v) is 3.37. The number of carbonyl (C=O) groups is 1. The van der Waals surface area contributed by atoms with Gasteiger partial charge >= 0.3 is 0 Å². The van der Waals surface area contributed by atoms with Crippen molar-refractivity contribution in [3.8, 4) is 0 Å². The summed E-state index contributed by atoms with van der Waals surface area (Å²) < 4.78 is 25.5. The van der Waals surface area contributed by atoms with Gasteiger partial charge in [0.2, 0.25) is 15.9 Å². The number of rotatable bonds is 4. The highest BCUT2D eigenvalue weighted by Crippen LogP contribution is 2.24. The molecule has 98 valence electrons. The van der Waals surface area contributed by atoms with Gasteiger partial charge in [0.1, 0.15) is 0 Å². The van der Waals surface area contributed by atoms with E-state index in [4.69, 9.17) is 10.8 Å². The number of amides is 1. The molecule has 1 saturated heterocycles. The van der Waals surface area contributed by atoms with Crippen LogP contribution in [-0.2, 0) is 10.0 Å². The first-order valence-corrected chi connectivity index (χ1v) is 6.90. The number of primary amides is 1. The summed E-state index contributed by atoms with van der Waals surface area (Å²) in [5.74, 6) is -0.576. The Morgan fingerprint density at radius 2 is 1.89 bits per heavy atom. The molecule has 1 amide bonds. The third-order valence-corrected chi connectivity index (χ3v) is 4.80. The van der Waals surface area contributed by atoms with E-state index in [0.717, 1.165) is 0 Å². The Hall–Kier alpha value is -1.44. The highest BCUT2D eigenvalue weighted by atomic mass is 32.2. The quantitative estimate of drug-likeness (QED) is 0.762. The van der Waals surface area contributed by atoms with Crippen molar-refractivity contribution in [1.82, 2.24) is 4.31 Å². The maximum absolute atomic E-state index is 12.1. The number of nitrogens with two attached hydrogens (primary N) is 1. The van der Waals surface area contributed by atoms with Gasteiger partial charge in [0.15, 0.2) is 0 Å². The summed E-state index contributed by atoms with van der Waals surface area (Å²) >= 11 is 0. The molecular weight excluding hydrogens is 256 g/mol. The second kappa shape index (κ2) is 4.68. The molecule has 1 heterocycles. The van der Waals surface area contributed by atoms with E-state index in [2.05, 4.69) is 0 Å². The Labute approximate surface area is 105 Å². The summed E-state index contributed by atoms with van der Waals surface area (Å²) in [4.78, 5) is 11.0. The van der Waals surface area contributed by atoms with E-state index in [1.165, 1.54) is 28.6 Å². The lowest BCUT2D eigenvalue weighted by Gasteiger charge is -2.36. The molecular formula is C11H14N2O4S. The molecule has 0 saturated carbocycles. The minimum atomic E-state index is -3.52. The van der Waals surface area contributed by atoms with Crippen LogP contribution in [0.4, 0.5) is 0 Å². The van der Waals surface area contributed by atoms with Crippen molar-refractivity contribution in [2.24, 2.45) is 11.7 Å². The molecule has 0 spiro atoms. The first-order valence-electron chi connectivity index (χ1n) is 5.46. The number of hydrogen-bond acceptors (Lipinski definition) is 4. The van der Waals surface area contributed by atoms with Gasteiger partial charge in [-0.1, -0.05) is 0 Å². The zero-order valence-corrected chi connectivity index (χ0v) is 10.4. The minimum absolute atomic E-state index is 0.00731. The topological polar surface area (TPSA) is 101 Å². The van der Waals surface area contributed by atoms with E-state index in [9.17, 15) is 13.2 Å². The van der Waals surface area contributed by atoms with E-state index in [1.54, 1.807) is 0 Å². The number of carbonyl (C=O) groups excluding carboxylic acids is 1. The summed E-state index contributed by atoms with van der Waals surface area (Å²) in [5.41, 5.74) is 5.35. The lowest BCUT2D eigenvalue weighted by atomic mass is 10.1. The Morgan fingerprint density at radius 1 is 1.33 bits per heavy atom. The highest BCUT2D eigenvalue weighted by molar-refractivity contribution is 7.89. The van der Waals surface area contributed by atoms with Crippen LogP contribution in [0.2, 0.25) is 0 Å². The largest absolute Gasteiger partial charge is 0.396 e. The maximum Gasteiger partial charge on any atom is 0.248 e. The van der Waals surface area contributed by atoms with Crippen molar-refractivity contribution < 1.29 is 18.3 Å². The summed E-state index contributed by atoms with van der Waals surface area (Å²) in [6.07, 6.45) is 0. The second-order valence-electron chi connectivity index (χ2n) is 4.26. The van der Waals surface area contributed by atoms with Gasteiger partial charge in [-0.3, -0.25) is 4.79 Å². The van der Waals surface area contributed by atoms with Crippen LogP contribution in [0.5, 0.6) is 0 Å². The van der Waals surface area contributed by atoms with E-state index in [-0.39, 0.29) is 23.0 Å². The van der Waals surface area contributed by atoms with Crippen LogP contribution in [0.3, 0.4) is 0 Å². The first-order chi connectivity index (χ1) is 8.45. The molecule has 1 aromatic rings. The SMILES string of the molecule is NC(=O)c1ccc(S(=O)(=O)N2CC(CO)C2)cc1. The summed E-state index contributed by atoms with van der Waals surface area (Å²) in [5, 5.41) is 8.86. The molecule has 1 fully saturated rings. The van der Waals surface area contributed by atoms with Gasteiger partial charge in [-0.2, -0.15) is 4.31 Å². The zero-order valence-electron chi connectivity index (χ0n) is 9.61. The molecule has 6 nitrogen and oxygen atoms in total. The third kappa shape index (κ3) is 2.24. The number of nitrogens with zero attached hydrogens (tertiary/aromatic N) is 1. The molecule has 0 unspecified atom stereocenters. The Bertz CT molecular complexity index is 547. The molecule has 1 aromatic carbocycles. The Balaban J connectivity index is 2.18. The average Bonchev–Trinajstić information content (AvgIpc) is 2.27.